The van der Waals surface area contributed by atoms with Gasteiger partial charge < -0.3 is 19.7 Å². The lowest BCUT2D eigenvalue weighted by molar-refractivity contribution is -0.122. The molecule has 28 heavy (non-hydrogen) atoms. The van der Waals surface area contributed by atoms with E-state index in [-0.39, 0.29) is 25.0 Å². The van der Waals surface area contributed by atoms with Gasteiger partial charge in [-0.3, -0.25) is 9.59 Å². The number of amides is 2. The maximum Gasteiger partial charge on any atom is 0.262 e. The van der Waals surface area contributed by atoms with E-state index in [9.17, 15) is 9.59 Å². The number of fused-ring (bicyclic) bond motifs is 1. The third-order valence-electron chi connectivity index (χ3n) is 4.31. The molecule has 0 spiro atoms. The lowest BCUT2D eigenvalue weighted by Gasteiger charge is -2.29. The van der Waals surface area contributed by atoms with Gasteiger partial charge in [-0.2, -0.15) is 0 Å². The van der Waals surface area contributed by atoms with E-state index >= 15 is 0 Å². The van der Waals surface area contributed by atoms with Crippen LogP contribution in [-0.2, 0) is 20.7 Å². The number of nitrogens with one attached hydrogen (secondary N) is 1. The van der Waals surface area contributed by atoms with Gasteiger partial charge in [0.05, 0.1) is 5.02 Å². The first-order chi connectivity index (χ1) is 13.5. The molecule has 148 valence electrons. The third-order valence-corrected chi connectivity index (χ3v) is 4.84. The number of aryl methyl sites for hydroxylation is 1. The highest BCUT2D eigenvalue weighted by Crippen LogP contribution is 2.30. The van der Waals surface area contributed by atoms with Crippen LogP contribution >= 0.6 is 23.2 Å². The van der Waals surface area contributed by atoms with Crippen molar-refractivity contribution in [2.75, 3.05) is 37.1 Å². The SMILES string of the molecule is COCC(=O)N1CCCc2ccc(NC(=O)COc3ccc(Cl)cc3Cl)cc21. The molecule has 0 radical (unpaired) electrons. The van der Waals surface area contributed by atoms with E-state index in [1.807, 2.05) is 12.1 Å². The Bertz CT molecular complexity index is 889. The van der Waals surface area contributed by atoms with Crippen LogP contribution in [0.15, 0.2) is 36.4 Å². The van der Waals surface area contributed by atoms with E-state index in [1.165, 1.54) is 7.11 Å². The average molecular weight is 423 g/mol. The smallest absolute Gasteiger partial charge is 0.262 e. The number of rotatable bonds is 6. The molecule has 6 nitrogen and oxygen atoms in total. The highest BCUT2D eigenvalue weighted by atomic mass is 35.5. The van der Waals surface area contributed by atoms with Gasteiger partial charge >= 0.3 is 0 Å². The number of hydrogen-bond acceptors (Lipinski definition) is 4. The molecule has 0 atom stereocenters. The summed E-state index contributed by atoms with van der Waals surface area (Å²) in [5.74, 6) is -0.0628. The molecule has 0 aromatic heterocycles. The van der Waals surface area contributed by atoms with E-state index in [0.29, 0.717) is 28.0 Å². The molecule has 1 heterocycles. The fraction of sp³-hybridized carbons (Fsp3) is 0.300. The average Bonchev–Trinajstić information content (AvgIpc) is 2.67. The summed E-state index contributed by atoms with van der Waals surface area (Å²) in [4.78, 5) is 26.2. The number of ether oxygens (including phenoxy) is 2. The summed E-state index contributed by atoms with van der Waals surface area (Å²) in [6.45, 7) is 0.446. The summed E-state index contributed by atoms with van der Waals surface area (Å²) in [7, 11) is 1.49. The van der Waals surface area contributed by atoms with Crippen molar-refractivity contribution < 1.29 is 19.1 Å². The Hall–Kier alpha value is -2.28. The van der Waals surface area contributed by atoms with Crippen LogP contribution in [0.3, 0.4) is 0 Å². The Kier molecular flexibility index (Phi) is 6.78. The molecule has 0 saturated heterocycles. The van der Waals surface area contributed by atoms with Gasteiger partial charge in [0.1, 0.15) is 12.4 Å². The van der Waals surface area contributed by atoms with Crippen molar-refractivity contribution >= 4 is 46.4 Å². The van der Waals surface area contributed by atoms with E-state index in [2.05, 4.69) is 5.32 Å². The molecule has 0 bridgehead atoms. The monoisotopic (exact) mass is 422 g/mol. The van der Waals surface area contributed by atoms with Crippen molar-refractivity contribution in [1.82, 2.24) is 0 Å². The first-order valence-corrected chi connectivity index (χ1v) is 9.53. The molecule has 1 N–H and O–H groups in total. The zero-order valence-corrected chi connectivity index (χ0v) is 16.8. The van der Waals surface area contributed by atoms with Gasteiger partial charge in [-0.05, 0) is 48.7 Å². The second-order valence-corrected chi connectivity index (χ2v) is 7.18. The fourth-order valence-corrected chi connectivity index (χ4v) is 3.51. The van der Waals surface area contributed by atoms with Crippen LogP contribution in [0, 0.1) is 0 Å². The van der Waals surface area contributed by atoms with Gasteiger partial charge in [0.2, 0.25) is 0 Å². The largest absolute Gasteiger partial charge is 0.482 e. The maximum atomic E-state index is 12.3. The maximum absolute atomic E-state index is 12.3. The predicted molar refractivity (Wildman–Crippen MR) is 110 cm³/mol. The zero-order valence-electron chi connectivity index (χ0n) is 15.3. The third kappa shape index (κ3) is 4.95. The molecular weight excluding hydrogens is 403 g/mol. The normalized spacial score (nSPS) is 13.0. The minimum atomic E-state index is -0.337. The van der Waals surface area contributed by atoms with E-state index in [4.69, 9.17) is 32.7 Å². The van der Waals surface area contributed by atoms with Gasteiger partial charge in [0.25, 0.3) is 11.8 Å². The number of anilines is 2. The van der Waals surface area contributed by atoms with Crippen LogP contribution in [0.1, 0.15) is 12.0 Å². The van der Waals surface area contributed by atoms with Crippen LogP contribution in [-0.4, -0.2) is 38.7 Å². The van der Waals surface area contributed by atoms with Crippen molar-refractivity contribution in [2.24, 2.45) is 0 Å². The van der Waals surface area contributed by atoms with Crippen molar-refractivity contribution in [3.8, 4) is 5.75 Å². The van der Waals surface area contributed by atoms with Crippen molar-refractivity contribution in [3.05, 3.63) is 52.0 Å². The second kappa shape index (κ2) is 9.28. The summed E-state index contributed by atoms with van der Waals surface area (Å²) < 4.78 is 10.4. The highest BCUT2D eigenvalue weighted by molar-refractivity contribution is 6.35. The summed E-state index contributed by atoms with van der Waals surface area (Å²) in [5, 5.41) is 3.61. The summed E-state index contributed by atoms with van der Waals surface area (Å²) in [6, 6.07) is 10.3. The summed E-state index contributed by atoms with van der Waals surface area (Å²) in [5.41, 5.74) is 2.46. The molecule has 2 amide bonds. The number of methoxy groups -OCH3 is 1. The zero-order chi connectivity index (χ0) is 20.1. The number of nitrogens with zero attached hydrogens (tertiary/aromatic N) is 1. The van der Waals surface area contributed by atoms with E-state index < -0.39 is 0 Å². The Morgan fingerprint density at radius 1 is 1.14 bits per heavy atom. The Morgan fingerprint density at radius 3 is 2.71 bits per heavy atom. The summed E-state index contributed by atoms with van der Waals surface area (Å²) in [6.07, 6.45) is 1.78. The number of halogens is 2. The van der Waals surface area contributed by atoms with Crippen LogP contribution < -0.4 is 15.0 Å². The molecule has 2 aromatic carbocycles. The van der Waals surface area contributed by atoms with Crippen LogP contribution in [0.2, 0.25) is 10.0 Å². The minimum absolute atomic E-state index is 0.0196. The standard InChI is InChI=1S/C20H20Cl2N2O4/c1-27-12-20(26)24-8-2-3-13-4-6-15(10-17(13)24)23-19(25)11-28-18-7-5-14(21)9-16(18)22/h4-7,9-10H,2-3,8,11-12H2,1H3,(H,23,25). The Balaban J connectivity index is 1.66. The van der Waals surface area contributed by atoms with Crippen molar-refractivity contribution in [2.45, 2.75) is 12.8 Å². The van der Waals surface area contributed by atoms with E-state index in [0.717, 1.165) is 24.1 Å². The molecule has 2 aromatic rings. The molecule has 0 fully saturated rings. The number of carbonyl (C=O) groups is 2. The summed E-state index contributed by atoms with van der Waals surface area (Å²) >= 11 is 11.9. The van der Waals surface area contributed by atoms with Gasteiger partial charge in [-0.1, -0.05) is 29.3 Å². The number of benzene rings is 2. The van der Waals surface area contributed by atoms with Gasteiger partial charge in [0.15, 0.2) is 6.61 Å². The number of hydrogen-bond donors (Lipinski definition) is 1. The molecule has 0 saturated carbocycles. The number of carbonyl (C=O) groups excluding carboxylic acids is 2. The topological polar surface area (TPSA) is 67.9 Å². The van der Waals surface area contributed by atoms with Gasteiger partial charge in [0, 0.05) is 30.1 Å². The second-order valence-electron chi connectivity index (χ2n) is 6.34. The van der Waals surface area contributed by atoms with Crippen molar-refractivity contribution in [3.63, 3.8) is 0 Å². The molecule has 1 aliphatic heterocycles. The van der Waals surface area contributed by atoms with Crippen molar-refractivity contribution in [1.29, 1.82) is 0 Å². The first-order valence-electron chi connectivity index (χ1n) is 8.78. The fourth-order valence-electron chi connectivity index (χ4n) is 3.05. The molecule has 0 aliphatic carbocycles. The highest BCUT2D eigenvalue weighted by Gasteiger charge is 2.23. The van der Waals surface area contributed by atoms with Gasteiger partial charge in [-0.15, -0.1) is 0 Å². The molecule has 0 unspecified atom stereocenters. The lowest BCUT2D eigenvalue weighted by atomic mass is 10.0. The van der Waals surface area contributed by atoms with Crippen LogP contribution in [0.25, 0.3) is 0 Å². The molecule has 3 rings (SSSR count). The Labute approximate surface area is 173 Å². The van der Waals surface area contributed by atoms with Crippen LogP contribution in [0.5, 0.6) is 5.75 Å². The predicted octanol–water partition coefficient (Wildman–Crippen LogP) is 3.94. The quantitative estimate of drug-likeness (QED) is 0.765. The minimum Gasteiger partial charge on any atom is -0.482 e. The molecule has 1 aliphatic rings. The van der Waals surface area contributed by atoms with Crippen LogP contribution in [0.4, 0.5) is 11.4 Å². The van der Waals surface area contributed by atoms with E-state index in [1.54, 1.807) is 29.2 Å². The molecular formula is C20H20Cl2N2O4. The molecule has 8 heteroatoms. The lowest BCUT2D eigenvalue weighted by Crippen LogP contribution is -2.37. The van der Waals surface area contributed by atoms with Gasteiger partial charge in [-0.25, -0.2) is 0 Å². The first kappa shape index (κ1) is 20.5. The Morgan fingerprint density at radius 2 is 1.96 bits per heavy atom.